The van der Waals surface area contributed by atoms with Gasteiger partial charge in [-0.1, -0.05) is 67.1 Å². The van der Waals surface area contributed by atoms with E-state index in [0.29, 0.717) is 45.2 Å². The van der Waals surface area contributed by atoms with E-state index in [4.69, 9.17) is 14.6 Å². The summed E-state index contributed by atoms with van der Waals surface area (Å²) in [6.45, 7) is 6.25. The highest BCUT2D eigenvalue weighted by molar-refractivity contribution is 5.87. The molecule has 0 saturated carbocycles. The van der Waals surface area contributed by atoms with Crippen molar-refractivity contribution in [3.8, 4) is 11.1 Å². The topological polar surface area (TPSA) is 143 Å². The number of carboxylic acid groups (broad SMARTS) is 1. The van der Waals surface area contributed by atoms with Gasteiger partial charge in [0.25, 0.3) is 0 Å². The fourth-order valence-electron chi connectivity index (χ4n) is 4.82. The van der Waals surface area contributed by atoms with Gasteiger partial charge in [-0.25, -0.2) is 9.59 Å². The van der Waals surface area contributed by atoms with Crippen LogP contribution in [-0.2, 0) is 19.1 Å². The second kappa shape index (κ2) is 16.3. The summed E-state index contributed by atoms with van der Waals surface area (Å²) < 4.78 is 10.8. The van der Waals surface area contributed by atoms with E-state index in [0.717, 1.165) is 22.3 Å². The highest BCUT2D eigenvalue weighted by Gasteiger charge is 2.29. The molecule has 0 fully saturated rings. The zero-order valence-electron chi connectivity index (χ0n) is 25.2. The van der Waals surface area contributed by atoms with E-state index >= 15 is 0 Å². The van der Waals surface area contributed by atoms with Crippen LogP contribution in [0.5, 0.6) is 0 Å². The molecular weight excluding hydrogens is 550 g/mol. The smallest absolute Gasteiger partial charge is 0.408 e. The van der Waals surface area contributed by atoms with Gasteiger partial charge in [0, 0.05) is 25.4 Å². The largest absolute Gasteiger partial charge is 0.481 e. The van der Waals surface area contributed by atoms with E-state index in [1.807, 2.05) is 36.4 Å². The quantitative estimate of drug-likeness (QED) is 0.157. The lowest BCUT2D eigenvalue weighted by Crippen LogP contribution is -2.46. The van der Waals surface area contributed by atoms with Crippen LogP contribution in [0.2, 0.25) is 0 Å². The van der Waals surface area contributed by atoms with Crippen LogP contribution in [-0.4, -0.2) is 60.5 Å². The molecule has 1 aliphatic carbocycles. The number of carboxylic acids is 1. The Morgan fingerprint density at radius 1 is 0.860 bits per heavy atom. The summed E-state index contributed by atoms with van der Waals surface area (Å²) in [5.74, 6) is -1.35. The van der Waals surface area contributed by atoms with Crippen molar-refractivity contribution in [2.75, 3.05) is 19.7 Å². The SMILES string of the molecule is CC(C)(C)OC(=O)NCCC/C=C/C(NC(=O)OCC1c2ccccc2-c2ccccc21)C(=O)NCCCCCC(=O)O. The average Bonchev–Trinajstić information content (AvgIpc) is 3.27. The maximum absolute atomic E-state index is 12.9. The maximum Gasteiger partial charge on any atom is 0.408 e. The number of aliphatic carboxylic acids is 1. The van der Waals surface area contributed by atoms with Crippen molar-refractivity contribution in [3.63, 3.8) is 0 Å². The molecule has 3 amide bonds. The van der Waals surface area contributed by atoms with Gasteiger partial charge in [-0.05, 0) is 68.7 Å². The number of rotatable bonds is 15. The number of nitrogens with one attached hydrogen (secondary N) is 3. The van der Waals surface area contributed by atoms with E-state index in [9.17, 15) is 19.2 Å². The molecule has 43 heavy (non-hydrogen) atoms. The molecule has 0 saturated heterocycles. The lowest BCUT2D eigenvalue weighted by atomic mass is 9.98. The van der Waals surface area contributed by atoms with Gasteiger partial charge in [0.05, 0.1) is 0 Å². The van der Waals surface area contributed by atoms with E-state index in [-0.39, 0.29) is 18.9 Å². The Morgan fingerprint density at radius 2 is 1.49 bits per heavy atom. The predicted molar refractivity (Wildman–Crippen MR) is 164 cm³/mol. The molecule has 1 aliphatic rings. The molecule has 10 heteroatoms. The molecule has 1 atom stereocenters. The van der Waals surface area contributed by atoms with Crippen molar-refractivity contribution in [1.29, 1.82) is 0 Å². The van der Waals surface area contributed by atoms with Gasteiger partial charge in [0.2, 0.25) is 5.91 Å². The van der Waals surface area contributed by atoms with Crippen LogP contribution < -0.4 is 16.0 Å². The molecule has 1 unspecified atom stereocenters. The van der Waals surface area contributed by atoms with Crippen LogP contribution in [0.4, 0.5) is 9.59 Å². The van der Waals surface area contributed by atoms with Gasteiger partial charge in [-0.2, -0.15) is 0 Å². The minimum Gasteiger partial charge on any atom is -0.481 e. The number of hydrogen-bond acceptors (Lipinski definition) is 6. The molecular formula is C33H43N3O7. The van der Waals surface area contributed by atoms with Crippen LogP contribution in [0.25, 0.3) is 11.1 Å². The zero-order valence-corrected chi connectivity index (χ0v) is 25.2. The van der Waals surface area contributed by atoms with Crippen LogP contribution in [0, 0.1) is 0 Å². The molecule has 0 bridgehead atoms. The third-order valence-corrected chi connectivity index (χ3v) is 6.81. The third-order valence-electron chi connectivity index (χ3n) is 6.81. The van der Waals surface area contributed by atoms with Crippen LogP contribution in [0.15, 0.2) is 60.7 Å². The lowest BCUT2D eigenvalue weighted by Gasteiger charge is -2.19. The normalized spacial score (nSPS) is 13.1. The second-order valence-corrected chi connectivity index (χ2v) is 11.4. The van der Waals surface area contributed by atoms with Crippen molar-refractivity contribution in [2.45, 2.75) is 76.9 Å². The second-order valence-electron chi connectivity index (χ2n) is 11.4. The van der Waals surface area contributed by atoms with Gasteiger partial charge in [-0.3, -0.25) is 9.59 Å². The van der Waals surface area contributed by atoms with E-state index in [1.165, 1.54) is 0 Å². The zero-order chi connectivity index (χ0) is 31.2. The molecule has 232 valence electrons. The number of fused-ring (bicyclic) bond motifs is 3. The molecule has 4 N–H and O–H groups in total. The summed E-state index contributed by atoms with van der Waals surface area (Å²) in [4.78, 5) is 48.3. The molecule has 0 spiro atoms. The Balaban J connectivity index is 1.54. The summed E-state index contributed by atoms with van der Waals surface area (Å²) in [7, 11) is 0. The summed E-state index contributed by atoms with van der Waals surface area (Å²) in [6, 6.07) is 15.1. The van der Waals surface area contributed by atoms with Crippen molar-refractivity contribution in [2.24, 2.45) is 0 Å². The van der Waals surface area contributed by atoms with Crippen molar-refractivity contribution in [3.05, 3.63) is 71.8 Å². The monoisotopic (exact) mass is 593 g/mol. The summed E-state index contributed by atoms with van der Waals surface area (Å²) >= 11 is 0. The van der Waals surface area contributed by atoms with Gasteiger partial charge in [0.15, 0.2) is 0 Å². The van der Waals surface area contributed by atoms with Crippen molar-refractivity contribution in [1.82, 2.24) is 16.0 Å². The molecule has 0 heterocycles. The van der Waals surface area contributed by atoms with Gasteiger partial charge < -0.3 is 30.5 Å². The molecule has 0 aliphatic heterocycles. The number of benzene rings is 2. The number of amides is 3. The molecule has 0 radical (unpaired) electrons. The number of carbonyl (C=O) groups excluding carboxylic acids is 3. The van der Waals surface area contributed by atoms with Crippen LogP contribution in [0.3, 0.4) is 0 Å². The number of hydrogen-bond donors (Lipinski definition) is 4. The number of unbranched alkanes of at least 4 members (excludes halogenated alkanes) is 3. The summed E-state index contributed by atoms with van der Waals surface area (Å²) in [5, 5.41) is 16.9. The Labute approximate surface area is 253 Å². The lowest BCUT2D eigenvalue weighted by molar-refractivity contribution is -0.137. The van der Waals surface area contributed by atoms with E-state index in [1.54, 1.807) is 32.9 Å². The summed E-state index contributed by atoms with van der Waals surface area (Å²) in [5.41, 5.74) is 3.85. The molecule has 3 rings (SSSR count). The average molecular weight is 594 g/mol. The van der Waals surface area contributed by atoms with E-state index in [2.05, 4.69) is 28.1 Å². The van der Waals surface area contributed by atoms with Gasteiger partial charge in [0.1, 0.15) is 18.2 Å². The number of ether oxygens (including phenoxy) is 2. The Bertz CT molecular complexity index is 1240. The van der Waals surface area contributed by atoms with Gasteiger partial charge >= 0.3 is 18.2 Å². The maximum atomic E-state index is 12.9. The van der Waals surface area contributed by atoms with E-state index < -0.39 is 35.7 Å². The molecule has 0 aromatic heterocycles. The number of alkyl carbamates (subject to hydrolysis) is 2. The first-order valence-electron chi connectivity index (χ1n) is 14.8. The molecule has 10 nitrogen and oxygen atoms in total. The third kappa shape index (κ3) is 11.1. The fraction of sp³-hybridized carbons (Fsp3) is 0.455. The fourth-order valence-corrected chi connectivity index (χ4v) is 4.82. The van der Waals surface area contributed by atoms with Crippen LogP contribution >= 0.6 is 0 Å². The first kappa shape index (κ1) is 33.2. The summed E-state index contributed by atoms with van der Waals surface area (Å²) in [6.07, 6.45) is 5.25. The number of carbonyl (C=O) groups is 4. The number of allylic oxidation sites excluding steroid dienone is 1. The first-order valence-corrected chi connectivity index (χ1v) is 14.8. The molecule has 2 aromatic carbocycles. The minimum atomic E-state index is -0.964. The Kier molecular flexibility index (Phi) is 12.6. The highest BCUT2D eigenvalue weighted by Crippen LogP contribution is 2.44. The van der Waals surface area contributed by atoms with Crippen molar-refractivity contribution < 1.29 is 33.8 Å². The molecule has 2 aromatic rings. The standard InChI is InChI=1S/C33H43N3O7/c1-33(2,3)43-31(40)35-21-13-4-6-18-28(30(39)34-20-12-5-7-19-29(37)38)36-32(41)42-22-27-25-16-10-8-14-23(25)24-15-9-11-17-26(24)27/h6,8-11,14-18,27-28H,4-5,7,12-13,19-22H2,1-3H3,(H,34,39)(H,35,40)(H,36,41)(H,37,38)/b18-6+. The predicted octanol–water partition coefficient (Wildman–Crippen LogP) is 5.52. The minimum absolute atomic E-state index is 0.0887. The highest BCUT2D eigenvalue weighted by atomic mass is 16.6. The Hall–Kier alpha value is -4.34. The van der Waals surface area contributed by atoms with Crippen molar-refractivity contribution >= 4 is 24.1 Å². The Morgan fingerprint density at radius 3 is 2.12 bits per heavy atom. The van der Waals surface area contributed by atoms with Gasteiger partial charge in [-0.15, -0.1) is 0 Å². The van der Waals surface area contributed by atoms with Crippen LogP contribution in [0.1, 0.15) is 76.3 Å². The first-order chi connectivity index (χ1) is 20.5.